The van der Waals surface area contributed by atoms with Gasteiger partial charge in [0.25, 0.3) is 0 Å². The van der Waals surface area contributed by atoms with Crippen molar-refractivity contribution in [3.63, 3.8) is 0 Å². The van der Waals surface area contributed by atoms with Gasteiger partial charge in [0.15, 0.2) is 0 Å². The average Bonchev–Trinajstić information content (AvgIpc) is 2.35. The molecule has 0 saturated heterocycles. The lowest BCUT2D eigenvalue weighted by atomic mass is 10.1. The van der Waals surface area contributed by atoms with Crippen molar-refractivity contribution in [2.24, 2.45) is 0 Å². The Labute approximate surface area is 107 Å². The molecule has 1 nitrogen and oxygen atoms in total. The molecule has 0 aromatic carbocycles. The first-order chi connectivity index (χ1) is 8.41. The Bertz CT molecular complexity index is 242. The van der Waals surface area contributed by atoms with Gasteiger partial charge in [-0.1, -0.05) is 38.7 Å². The molecule has 0 atom stereocenters. The van der Waals surface area contributed by atoms with Gasteiger partial charge in [0.1, 0.15) is 6.29 Å². The second-order valence-corrected chi connectivity index (χ2v) is 4.33. The van der Waals surface area contributed by atoms with Gasteiger partial charge in [0.05, 0.1) is 0 Å². The lowest BCUT2D eigenvalue weighted by Crippen LogP contribution is -1.78. The molecule has 0 bridgehead atoms. The van der Waals surface area contributed by atoms with Crippen LogP contribution >= 0.6 is 0 Å². The SMILES string of the molecule is CCCCC#CCCCCCCCC=CC=O. The van der Waals surface area contributed by atoms with Gasteiger partial charge in [-0.15, -0.1) is 11.8 Å². The second-order valence-electron chi connectivity index (χ2n) is 4.33. The molecule has 0 unspecified atom stereocenters. The zero-order valence-electron chi connectivity index (χ0n) is 11.2. The molecule has 0 aliphatic rings. The third kappa shape index (κ3) is 15.0. The van der Waals surface area contributed by atoms with Crippen LogP contribution in [0.25, 0.3) is 0 Å². The molecular formula is C16H26O. The molecule has 0 saturated carbocycles. The van der Waals surface area contributed by atoms with Crippen molar-refractivity contribution in [3.8, 4) is 11.8 Å². The Balaban J connectivity index is 3.09. The van der Waals surface area contributed by atoms with Crippen molar-refractivity contribution in [2.75, 3.05) is 0 Å². The third-order valence-corrected chi connectivity index (χ3v) is 2.67. The molecule has 0 heterocycles. The highest BCUT2D eigenvalue weighted by molar-refractivity contribution is 5.64. The summed E-state index contributed by atoms with van der Waals surface area (Å²) in [6.07, 6.45) is 16.3. The Kier molecular flexibility index (Phi) is 14.1. The minimum Gasteiger partial charge on any atom is -0.299 e. The highest BCUT2D eigenvalue weighted by Gasteiger charge is 1.88. The highest BCUT2D eigenvalue weighted by Crippen LogP contribution is 2.07. The summed E-state index contributed by atoms with van der Waals surface area (Å²) in [5, 5.41) is 0. The molecule has 96 valence electrons. The molecular weight excluding hydrogens is 208 g/mol. The van der Waals surface area contributed by atoms with Crippen LogP contribution in [-0.2, 0) is 4.79 Å². The van der Waals surface area contributed by atoms with Gasteiger partial charge >= 0.3 is 0 Å². The Morgan fingerprint density at radius 3 is 2.24 bits per heavy atom. The molecule has 0 aromatic heterocycles. The van der Waals surface area contributed by atoms with Gasteiger partial charge in [-0.25, -0.2) is 0 Å². The van der Waals surface area contributed by atoms with Crippen molar-refractivity contribution >= 4 is 6.29 Å². The van der Waals surface area contributed by atoms with E-state index < -0.39 is 0 Å². The van der Waals surface area contributed by atoms with Crippen LogP contribution in [-0.4, -0.2) is 6.29 Å². The molecule has 0 aliphatic heterocycles. The summed E-state index contributed by atoms with van der Waals surface area (Å²) < 4.78 is 0. The Hall–Kier alpha value is -1.03. The maximum absolute atomic E-state index is 10.0. The maximum atomic E-state index is 10.0. The fourth-order valence-electron chi connectivity index (χ4n) is 1.60. The van der Waals surface area contributed by atoms with E-state index in [0.717, 1.165) is 25.5 Å². The summed E-state index contributed by atoms with van der Waals surface area (Å²) in [5.41, 5.74) is 0. The highest BCUT2D eigenvalue weighted by atomic mass is 16.1. The summed E-state index contributed by atoms with van der Waals surface area (Å²) in [7, 11) is 0. The van der Waals surface area contributed by atoms with Gasteiger partial charge in [-0.05, 0) is 31.8 Å². The van der Waals surface area contributed by atoms with Crippen molar-refractivity contribution in [3.05, 3.63) is 12.2 Å². The van der Waals surface area contributed by atoms with Crippen LogP contribution in [0.5, 0.6) is 0 Å². The molecule has 0 amide bonds. The van der Waals surface area contributed by atoms with E-state index in [1.165, 1.54) is 44.9 Å². The van der Waals surface area contributed by atoms with Crippen LogP contribution in [0.4, 0.5) is 0 Å². The van der Waals surface area contributed by atoms with E-state index in [0.29, 0.717) is 0 Å². The number of carbonyl (C=O) groups is 1. The first-order valence-corrected chi connectivity index (χ1v) is 6.97. The van der Waals surface area contributed by atoms with Crippen LogP contribution in [0.1, 0.15) is 71.1 Å². The van der Waals surface area contributed by atoms with Crippen molar-refractivity contribution in [2.45, 2.75) is 71.1 Å². The number of rotatable bonds is 10. The summed E-state index contributed by atoms with van der Waals surface area (Å²) in [6, 6.07) is 0. The zero-order chi connectivity index (χ0) is 12.6. The van der Waals surface area contributed by atoms with Crippen LogP contribution in [0, 0.1) is 11.8 Å². The predicted octanol–water partition coefficient (Wildman–Crippen LogP) is 4.67. The molecule has 0 aliphatic carbocycles. The molecule has 0 aromatic rings. The zero-order valence-corrected chi connectivity index (χ0v) is 11.2. The van der Waals surface area contributed by atoms with Gasteiger partial charge < -0.3 is 0 Å². The third-order valence-electron chi connectivity index (χ3n) is 2.67. The molecule has 17 heavy (non-hydrogen) atoms. The van der Waals surface area contributed by atoms with Crippen molar-refractivity contribution in [1.82, 2.24) is 0 Å². The van der Waals surface area contributed by atoms with E-state index in [1.54, 1.807) is 6.08 Å². The number of hydrogen-bond acceptors (Lipinski definition) is 1. The largest absolute Gasteiger partial charge is 0.299 e. The summed E-state index contributed by atoms with van der Waals surface area (Å²) in [6.45, 7) is 2.20. The number of allylic oxidation sites excluding steroid dienone is 2. The fraction of sp³-hybridized carbons (Fsp3) is 0.688. The van der Waals surface area contributed by atoms with E-state index in [1.807, 2.05) is 6.08 Å². The Morgan fingerprint density at radius 2 is 1.53 bits per heavy atom. The summed E-state index contributed by atoms with van der Waals surface area (Å²) in [5.74, 6) is 6.46. The fourth-order valence-corrected chi connectivity index (χ4v) is 1.60. The molecule has 0 fully saturated rings. The quantitative estimate of drug-likeness (QED) is 0.232. The first-order valence-electron chi connectivity index (χ1n) is 6.97. The van der Waals surface area contributed by atoms with E-state index in [4.69, 9.17) is 0 Å². The second kappa shape index (κ2) is 15.0. The smallest absolute Gasteiger partial charge is 0.142 e. The molecule has 1 heteroatoms. The number of unbranched alkanes of at least 4 members (excludes halogenated alkanes) is 8. The minimum absolute atomic E-state index is 0.844. The van der Waals surface area contributed by atoms with Gasteiger partial charge in [0, 0.05) is 12.8 Å². The minimum atomic E-state index is 0.844. The molecule has 0 N–H and O–H groups in total. The number of carbonyl (C=O) groups excluding carboxylic acids is 1. The van der Waals surface area contributed by atoms with E-state index in [-0.39, 0.29) is 0 Å². The summed E-state index contributed by atoms with van der Waals surface area (Å²) >= 11 is 0. The van der Waals surface area contributed by atoms with Gasteiger partial charge in [0.2, 0.25) is 0 Å². The standard InChI is InChI=1S/C16H26O/c1-2-3-4-5-6-7-8-9-10-11-12-13-14-15-16-17/h14-16H,2-4,7-13H2,1H3. The normalized spacial score (nSPS) is 10.2. The van der Waals surface area contributed by atoms with Gasteiger partial charge in [-0.3, -0.25) is 4.79 Å². The monoisotopic (exact) mass is 234 g/mol. The van der Waals surface area contributed by atoms with E-state index in [9.17, 15) is 4.79 Å². The lowest BCUT2D eigenvalue weighted by molar-refractivity contribution is -0.104. The summed E-state index contributed by atoms with van der Waals surface area (Å²) in [4.78, 5) is 10.0. The number of hydrogen-bond donors (Lipinski definition) is 0. The first kappa shape index (κ1) is 16.0. The van der Waals surface area contributed by atoms with Crippen LogP contribution < -0.4 is 0 Å². The van der Waals surface area contributed by atoms with Crippen LogP contribution in [0.2, 0.25) is 0 Å². The molecule has 0 rings (SSSR count). The van der Waals surface area contributed by atoms with Gasteiger partial charge in [-0.2, -0.15) is 0 Å². The topological polar surface area (TPSA) is 17.1 Å². The van der Waals surface area contributed by atoms with E-state index in [2.05, 4.69) is 18.8 Å². The lowest BCUT2D eigenvalue weighted by Gasteiger charge is -1.97. The molecule has 0 radical (unpaired) electrons. The van der Waals surface area contributed by atoms with Crippen molar-refractivity contribution < 1.29 is 4.79 Å². The predicted molar refractivity (Wildman–Crippen MR) is 74.8 cm³/mol. The van der Waals surface area contributed by atoms with Crippen molar-refractivity contribution in [1.29, 1.82) is 0 Å². The average molecular weight is 234 g/mol. The van der Waals surface area contributed by atoms with Crippen LogP contribution in [0.3, 0.4) is 0 Å². The molecule has 0 spiro atoms. The number of aldehydes is 1. The van der Waals surface area contributed by atoms with Crippen LogP contribution in [0.15, 0.2) is 12.2 Å². The Morgan fingerprint density at radius 1 is 0.882 bits per heavy atom. The van der Waals surface area contributed by atoms with E-state index >= 15 is 0 Å². The maximum Gasteiger partial charge on any atom is 0.142 e.